The Morgan fingerprint density at radius 2 is 2.00 bits per heavy atom. The van der Waals surface area contributed by atoms with Gasteiger partial charge in [-0.2, -0.15) is 0 Å². The van der Waals surface area contributed by atoms with Gasteiger partial charge in [0.1, 0.15) is 5.78 Å². The SMILES string of the molecule is C=C1CC[C@@H]2[C@H](CC2(C)C)C(=O)CC[C@@H]1O. The van der Waals surface area contributed by atoms with Crippen LogP contribution in [0.15, 0.2) is 12.2 Å². The zero-order chi connectivity index (χ0) is 11.9. The van der Waals surface area contributed by atoms with E-state index in [1.54, 1.807) is 0 Å². The van der Waals surface area contributed by atoms with Gasteiger partial charge in [-0.3, -0.25) is 4.79 Å². The van der Waals surface area contributed by atoms with Crippen LogP contribution in [0.1, 0.15) is 46.0 Å². The van der Waals surface area contributed by atoms with Crippen LogP contribution >= 0.6 is 0 Å². The van der Waals surface area contributed by atoms with E-state index in [1.165, 1.54) is 0 Å². The van der Waals surface area contributed by atoms with E-state index >= 15 is 0 Å². The Hall–Kier alpha value is -0.630. The number of ketones is 1. The summed E-state index contributed by atoms with van der Waals surface area (Å²) in [7, 11) is 0. The first-order chi connectivity index (χ1) is 7.42. The molecule has 0 aromatic rings. The second-order valence-corrected chi connectivity index (χ2v) is 6.12. The van der Waals surface area contributed by atoms with Crippen LogP contribution in [-0.4, -0.2) is 17.0 Å². The van der Waals surface area contributed by atoms with Crippen molar-refractivity contribution >= 4 is 5.78 Å². The van der Waals surface area contributed by atoms with Gasteiger partial charge in [-0.1, -0.05) is 20.4 Å². The van der Waals surface area contributed by atoms with Crippen molar-refractivity contribution in [3.05, 3.63) is 12.2 Å². The molecule has 1 N–H and O–H groups in total. The third-order valence-electron chi connectivity index (χ3n) is 4.56. The van der Waals surface area contributed by atoms with Gasteiger partial charge in [-0.15, -0.1) is 0 Å². The molecular weight excluding hydrogens is 200 g/mol. The summed E-state index contributed by atoms with van der Waals surface area (Å²) in [4.78, 5) is 12.0. The highest BCUT2D eigenvalue weighted by Crippen LogP contribution is 2.54. The lowest BCUT2D eigenvalue weighted by Gasteiger charge is -2.51. The highest BCUT2D eigenvalue weighted by molar-refractivity contribution is 5.82. The molecule has 90 valence electrons. The van der Waals surface area contributed by atoms with Crippen molar-refractivity contribution in [2.24, 2.45) is 17.3 Å². The minimum Gasteiger partial charge on any atom is -0.389 e. The fourth-order valence-electron chi connectivity index (χ4n) is 3.35. The van der Waals surface area contributed by atoms with Gasteiger partial charge in [0.05, 0.1) is 6.10 Å². The Bertz CT molecular complexity index is 317. The van der Waals surface area contributed by atoms with E-state index in [2.05, 4.69) is 20.4 Å². The van der Waals surface area contributed by atoms with Crippen LogP contribution in [0.5, 0.6) is 0 Å². The zero-order valence-corrected chi connectivity index (χ0v) is 10.3. The number of carbonyl (C=O) groups excluding carboxylic acids is 1. The average Bonchev–Trinajstić information content (AvgIpc) is 2.24. The fraction of sp³-hybridized carbons (Fsp3) is 0.786. The standard InChI is InChI=1S/C14H22O2/c1-9-4-5-11-10(8-14(11,2)3)13(16)7-6-12(9)15/h10-12,15H,1,4-8H2,2-3H3/t10-,11+,12-/m0/s1. The fourth-order valence-corrected chi connectivity index (χ4v) is 3.35. The van der Waals surface area contributed by atoms with Gasteiger partial charge in [-0.05, 0) is 42.6 Å². The molecule has 2 saturated carbocycles. The summed E-state index contributed by atoms with van der Waals surface area (Å²) in [5.41, 5.74) is 1.21. The molecule has 0 heterocycles. The Labute approximate surface area is 97.7 Å². The van der Waals surface area contributed by atoms with E-state index < -0.39 is 6.10 Å². The molecular formula is C14H22O2. The lowest BCUT2D eigenvalue weighted by atomic mass is 9.53. The molecule has 0 aromatic carbocycles. The molecule has 2 heteroatoms. The minimum absolute atomic E-state index is 0.257. The lowest BCUT2D eigenvalue weighted by molar-refractivity contribution is -0.137. The Morgan fingerprint density at radius 1 is 1.31 bits per heavy atom. The van der Waals surface area contributed by atoms with Gasteiger partial charge < -0.3 is 5.11 Å². The number of aliphatic hydroxyl groups excluding tert-OH is 1. The van der Waals surface area contributed by atoms with E-state index in [1.807, 2.05) is 0 Å². The summed E-state index contributed by atoms with van der Waals surface area (Å²) in [5, 5.41) is 9.80. The lowest BCUT2D eigenvalue weighted by Crippen LogP contribution is -2.47. The van der Waals surface area contributed by atoms with E-state index in [4.69, 9.17) is 0 Å². The summed E-state index contributed by atoms with van der Waals surface area (Å²) in [5.74, 6) is 1.12. The Morgan fingerprint density at radius 3 is 2.62 bits per heavy atom. The van der Waals surface area contributed by atoms with Gasteiger partial charge in [0.2, 0.25) is 0 Å². The number of aliphatic hydroxyl groups is 1. The molecule has 2 aliphatic rings. The molecule has 0 radical (unpaired) electrons. The third-order valence-corrected chi connectivity index (χ3v) is 4.56. The number of fused-ring (bicyclic) bond motifs is 1. The van der Waals surface area contributed by atoms with E-state index in [9.17, 15) is 9.90 Å². The van der Waals surface area contributed by atoms with Crippen molar-refractivity contribution < 1.29 is 9.90 Å². The van der Waals surface area contributed by atoms with Crippen molar-refractivity contribution in [3.8, 4) is 0 Å². The predicted molar refractivity (Wildman–Crippen MR) is 64.0 cm³/mol. The number of rotatable bonds is 0. The van der Waals surface area contributed by atoms with Gasteiger partial charge in [0, 0.05) is 12.3 Å². The van der Waals surface area contributed by atoms with Crippen LogP contribution in [0, 0.1) is 17.3 Å². The molecule has 0 aromatic heterocycles. The molecule has 2 fully saturated rings. The highest BCUT2D eigenvalue weighted by atomic mass is 16.3. The smallest absolute Gasteiger partial charge is 0.136 e. The van der Waals surface area contributed by atoms with Crippen molar-refractivity contribution in [2.45, 2.75) is 52.1 Å². The molecule has 0 aliphatic heterocycles. The summed E-state index contributed by atoms with van der Waals surface area (Å²) in [6, 6.07) is 0. The van der Waals surface area contributed by atoms with Crippen LogP contribution < -0.4 is 0 Å². The highest BCUT2D eigenvalue weighted by Gasteiger charge is 2.49. The molecule has 0 spiro atoms. The second kappa shape index (κ2) is 3.99. The second-order valence-electron chi connectivity index (χ2n) is 6.12. The first kappa shape index (κ1) is 11.8. The number of carbonyl (C=O) groups is 1. The molecule has 2 nitrogen and oxygen atoms in total. The van der Waals surface area contributed by atoms with Gasteiger partial charge >= 0.3 is 0 Å². The maximum absolute atomic E-state index is 12.0. The molecule has 16 heavy (non-hydrogen) atoms. The molecule has 0 unspecified atom stereocenters. The monoisotopic (exact) mass is 222 g/mol. The number of hydrogen-bond donors (Lipinski definition) is 1. The van der Waals surface area contributed by atoms with Crippen LogP contribution in [0.25, 0.3) is 0 Å². The van der Waals surface area contributed by atoms with Crippen molar-refractivity contribution in [1.82, 2.24) is 0 Å². The van der Waals surface area contributed by atoms with E-state index in [0.717, 1.165) is 24.8 Å². The minimum atomic E-state index is -0.468. The molecule has 0 saturated heterocycles. The zero-order valence-electron chi connectivity index (χ0n) is 10.3. The van der Waals surface area contributed by atoms with Gasteiger partial charge in [0.25, 0.3) is 0 Å². The van der Waals surface area contributed by atoms with Crippen molar-refractivity contribution in [1.29, 1.82) is 0 Å². The number of hydrogen-bond acceptors (Lipinski definition) is 2. The van der Waals surface area contributed by atoms with Gasteiger partial charge in [-0.25, -0.2) is 0 Å². The van der Waals surface area contributed by atoms with Crippen LogP contribution in [0.2, 0.25) is 0 Å². The maximum Gasteiger partial charge on any atom is 0.136 e. The van der Waals surface area contributed by atoms with Crippen LogP contribution in [0.3, 0.4) is 0 Å². The Balaban J connectivity index is 2.12. The largest absolute Gasteiger partial charge is 0.389 e. The topological polar surface area (TPSA) is 37.3 Å². The third kappa shape index (κ3) is 1.95. The maximum atomic E-state index is 12.0. The van der Waals surface area contributed by atoms with Crippen LogP contribution in [0.4, 0.5) is 0 Å². The molecule has 2 aliphatic carbocycles. The van der Waals surface area contributed by atoms with Crippen molar-refractivity contribution in [3.63, 3.8) is 0 Å². The quantitative estimate of drug-likeness (QED) is 0.640. The van der Waals surface area contributed by atoms with Crippen LogP contribution in [-0.2, 0) is 4.79 Å². The molecule has 3 atom stereocenters. The van der Waals surface area contributed by atoms with Crippen molar-refractivity contribution in [2.75, 3.05) is 0 Å². The van der Waals surface area contributed by atoms with Gasteiger partial charge in [0.15, 0.2) is 0 Å². The predicted octanol–water partition coefficient (Wildman–Crippen LogP) is 2.71. The van der Waals surface area contributed by atoms with E-state index in [-0.39, 0.29) is 5.92 Å². The molecule has 0 bridgehead atoms. The summed E-state index contributed by atoms with van der Waals surface area (Å²) in [6.45, 7) is 8.43. The normalized spacial score (nSPS) is 39.1. The first-order valence-electron chi connectivity index (χ1n) is 6.30. The summed E-state index contributed by atoms with van der Waals surface area (Å²) < 4.78 is 0. The summed E-state index contributed by atoms with van der Waals surface area (Å²) >= 11 is 0. The summed E-state index contributed by atoms with van der Waals surface area (Å²) in [6.07, 6.45) is 3.54. The first-order valence-corrected chi connectivity index (χ1v) is 6.30. The Kier molecular flexibility index (Phi) is 2.95. The van der Waals surface area contributed by atoms with E-state index in [0.29, 0.717) is 30.0 Å². The average molecular weight is 222 g/mol. The molecule has 2 rings (SSSR count). The molecule has 0 amide bonds. The number of Topliss-reactive ketones (excluding diaryl/α,β-unsaturated/α-hetero) is 1.